The van der Waals surface area contributed by atoms with E-state index in [0.29, 0.717) is 59.3 Å². The topological polar surface area (TPSA) is 103 Å². The minimum Gasteiger partial charge on any atom is -0.497 e. The highest BCUT2D eigenvalue weighted by atomic mass is 16.5. The van der Waals surface area contributed by atoms with Crippen molar-refractivity contribution in [2.24, 2.45) is 9.98 Å². The van der Waals surface area contributed by atoms with Crippen LogP contribution in [-0.4, -0.2) is 49.1 Å². The van der Waals surface area contributed by atoms with E-state index in [0.717, 1.165) is 21.2 Å². The normalized spacial score (nSPS) is 14.2. The first-order valence-corrected chi connectivity index (χ1v) is 12.4. The predicted molar refractivity (Wildman–Crippen MR) is 142 cm³/mol. The maximum Gasteiger partial charge on any atom is 0.210 e. The number of methoxy groups -OCH3 is 2. The fourth-order valence-corrected chi connectivity index (χ4v) is 5.09. The second-order valence-electron chi connectivity index (χ2n) is 9.09. The van der Waals surface area contributed by atoms with Gasteiger partial charge in [0.15, 0.2) is 0 Å². The van der Waals surface area contributed by atoms with Crippen molar-refractivity contribution in [1.82, 2.24) is 10.2 Å². The lowest BCUT2D eigenvalue weighted by Gasteiger charge is -2.14. The molecule has 0 bridgehead atoms. The van der Waals surface area contributed by atoms with E-state index >= 15 is 0 Å². The first kappa shape index (κ1) is 23.7. The van der Waals surface area contributed by atoms with Crippen molar-refractivity contribution < 1.29 is 19.1 Å². The van der Waals surface area contributed by atoms with Crippen LogP contribution in [0, 0.1) is 0 Å². The molecule has 0 unspecified atom stereocenters. The Morgan fingerprint density at radius 2 is 1.11 bits per heavy atom. The van der Waals surface area contributed by atoms with Crippen molar-refractivity contribution >= 4 is 33.5 Å². The number of rotatable bonds is 6. The maximum absolute atomic E-state index is 13.9. The number of hydrogen-bond donors (Lipinski definition) is 0. The van der Waals surface area contributed by atoms with E-state index in [9.17, 15) is 9.59 Å². The van der Waals surface area contributed by atoms with E-state index in [1.807, 2.05) is 60.7 Å². The van der Waals surface area contributed by atoms with Crippen molar-refractivity contribution in [1.29, 1.82) is 0 Å². The van der Waals surface area contributed by atoms with Crippen molar-refractivity contribution in [3.05, 3.63) is 93.2 Å². The van der Waals surface area contributed by atoms with Gasteiger partial charge in [0, 0.05) is 45.4 Å². The minimum absolute atomic E-state index is 0.216. The van der Waals surface area contributed by atoms with Crippen LogP contribution in [0.4, 0.5) is 0 Å². The van der Waals surface area contributed by atoms with E-state index in [1.165, 1.54) is 0 Å². The summed E-state index contributed by atoms with van der Waals surface area (Å²) in [5.74, 6) is 0.847. The monoisotopic (exact) mass is 504 g/mol. The zero-order valence-electron chi connectivity index (χ0n) is 21.0. The molecule has 6 rings (SSSR count). The SMILES string of the molecule is COc1ccc2c(c1)=C(C(=O)c1nnc(C(=O)C3=c4cc(OC)ccc4=NCC3)c3ccccc13)CCN=2. The number of ketones is 2. The molecule has 3 heterocycles. The Morgan fingerprint density at radius 1 is 0.658 bits per heavy atom. The molecule has 8 heteroatoms. The average molecular weight is 505 g/mol. The van der Waals surface area contributed by atoms with Gasteiger partial charge in [-0.3, -0.25) is 19.6 Å². The molecule has 0 aliphatic carbocycles. The summed E-state index contributed by atoms with van der Waals surface area (Å²) >= 11 is 0. The van der Waals surface area contributed by atoms with Gasteiger partial charge in [-0.05, 0) is 49.2 Å². The Bertz CT molecular complexity index is 1760. The molecule has 38 heavy (non-hydrogen) atoms. The second kappa shape index (κ2) is 9.63. The number of Topliss-reactive ketones (excluding diaryl/α,β-unsaturated/α-hetero) is 2. The molecule has 3 aromatic carbocycles. The molecule has 2 aliphatic heterocycles. The number of aromatic nitrogens is 2. The number of carbonyl (C=O) groups is 2. The first-order chi connectivity index (χ1) is 18.6. The summed E-state index contributed by atoms with van der Waals surface area (Å²) < 4.78 is 10.7. The number of carbonyl (C=O) groups excluding carboxylic acids is 2. The highest BCUT2D eigenvalue weighted by Crippen LogP contribution is 2.25. The van der Waals surface area contributed by atoms with Gasteiger partial charge in [0.2, 0.25) is 11.6 Å². The highest BCUT2D eigenvalue weighted by Gasteiger charge is 2.25. The molecule has 0 atom stereocenters. The first-order valence-electron chi connectivity index (χ1n) is 12.4. The summed E-state index contributed by atoms with van der Waals surface area (Å²) in [7, 11) is 3.18. The van der Waals surface area contributed by atoms with Crippen LogP contribution in [-0.2, 0) is 0 Å². The van der Waals surface area contributed by atoms with Crippen molar-refractivity contribution in [2.75, 3.05) is 27.3 Å². The Hall–Kier alpha value is -4.72. The third-order valence-corrected chi connectivity index (χ3v) is 7.01. The molecule has 0 spiro atoms. The number of fused-ring (bicyclic) bond motifs is 3. The lowest BCUT2D eigenvalue weighted by atomic mass is 9.94. The van der Waals surface area contributed by atoms with Crippen molar-refractivity contribution in [3.8, 4) is 11.5 Å². The molecule has 1 aromatic heterocycles. The molecule has 2 aliphatic rings. The zero-order chi connectivity index (χ0) is 26.2. The molecular weight excluding hydrogens is 480 g/mol. The van der Waals surface area contributed by atoms with Crippen molar-refractivity contribution in [3.63, 3.8) is 0 Å². The summed E-state index contributed by atoms with van der Waals surface area (Å²) in [6.07, 6.45) is 0.964. The molecule has 0 radical (unpaired) electrons. The molecular formula is C30H24N4O4. The van der Waals surface area contributed by atoms with E-state index in [-0.39, 0.29) is 23.0 Å². The lowest BCUT2D eigenvalue weighted by Crippen LogP contribution is -2.34. The Labute approximate surface area is 217 Å². The Kier molecular flexibility index (Phi) is 5.99. The molecule has 4 aromatic rings. The van der Waals surface area contributed by atoms with Gasteiger partial charge in [-0.1, -0.05) is 24.3 Å². The summed E-state index contributed by atoms with van der Waals surface area (Å²) in [4.78, 5) is 36.8. The van der Waals surface area contributed by atoms with Gasteiger partial charge in [0.05, 0.1) is 24.9 Å². The molecule has 0 saturated carbocycles. The van der Waals surface area contributed by atoms with Crippen LogP contribution >= 0.6 is 0 Å². The van der Waals surface area contributed by atoms with Crippen LogP contribution in [0.2, 0.25) is 0 Å². The highest BCUT2D eigenvalue weighted by molar-refractivity contribution is 6.31. The Morgan fingerprint density at radius 3 is 1.53 bits per heavy atom. The van der Waals surface area contributed by atoms with Gasteiger partial charge < -0.3 is 9.47 Å². The number of benzene rings is 3. The molecule has 8 nitrogen and oxygen atoms in total. The van der Waals surface area contributed by atoms with E-state index in [2.05, 4.69) is 20.2 Å². The lowest BCUT2D eigenvalue weighted by molar-refractivity contribution is 0.103. The van der Waals surface area contributed by atoms with Crippen LogP contribution < -0.4 is 30.6 Å². The zero-order valence-corrected chi connectivity index (χ0v) is 21.0. The van der Waals surface area contributed by atoms with E-state index in [1.54, 1.807) is 14.2 Å². The third-order valence-electron chi connectivity index (χ3n) is 7.01. The molecule has 0 saturated heterocycles. The quantitative estimate of drug-likeness (QED) is 0.371. The maximum atomic E-state index is 13.9. The largest absolute Gasteiger partial charge is 0.497 e. The molecule has 0 fully saturated rings. The second-order valence-corrected chi connectivity index (χ2v) is 9.09. The Balaban J connectivity index is 1.52. The average Bonchev–Trinajstić information content (AvgIpc) is 2.98. The summed E-state index contributed by atoms with van der Waals surface area (Å²) in [6, 6.07) is 18.3. The van der Waals surface area contributed by atoms with Crippen molar-refractivity contribution in [2.45, 2.75) is 12.8 Å². The fourth-order valence-electron chi connectivity index (χ4n) is 5.09. The third kappa shape index (κ3) is 3.94. The van der Waals surface area contributed by atoms with Crippen LogP contribution in [0.3, 0.4) is 0 Å². The van der Waals surface area contributed by atoms with Gasteiger partial charge in [-0.15, -0.1) is 10.2 Å². The van der Waals surface area contributed by atoms with Crippen LogP contribution in [0.5, 0.6) is 11.5 Å². The predicted octanol–water partition coefficient (Wildman–Crippen LogP) is 1.76. The van der Waals surface area contributed by atoms with E-state index in [4.69, 9.17) is 9.47 Å². The number of nitrogens with zero attached hydrogens (tertiary/aromatic N) is 4. The fraction of sp³-hybridized carbons (Fsp3) is 0.200. The van der Waals surface area contributed by atoms with Gasteiger partial charge in [0.25, 0.3) is 0 Å². The molecule has 0 N–H and O–H groups in total. The molecule has 0 amide bonds. The van der Waals surface area contributed by atoms with Crippen LogP contribution in [0.25, 0.3) is 21.9 Å². The van der Waals surface area contributed by atoms with Crippen LogP contribution in [0.1, 0.15) is 33.8 Å². The van der Waals surface area contributed by atoms with Gasteiger partial charge in [-0.2, -0.15) is 0 Å². The summed E-state index contributed by atoms with van der Waals surface area (Å²) in [6.45, 7) is 1.02. The smallest absolute Gasteiger partial charge is 0.210 e. The number of ether oxygens (including phenoxy) is 2. The number of hydrogen-bond acceptors (Lipinski definition) is 8. The van der Waals surface area contributed by atoms with E-state index < -0.39 is 0 Å². The summed E-state index contributed by atoms with van der Waals surface area (Å²) in [5, 5.41) is 12.8. The van der Waals surface area contributed by atoms with Gasteiger partial charge >= 0.3 is 0 Å². The van der Waals surface area contributed by atoms with Gasteiger partial charge in [0.1, 0.15) is 22.9 Å². The van der Waals surface area contributed by atoms with Crippen LogP contribution in [0.15, 0.2) is 70.6 Å². The standard InChI is InChI=1S/C30H24N4O4/c1-37-17-7-9-25-23(15-17)21(11-13-31-25)29(35)27-19-5-3-4-6-20(19)28(34-33-27)30(36)22-12-14-32-26-10-8-18(38-2)16-24(22)26/h3-10,15-16H,11-14H2,1-2H3. The molecule has 188 valence electrons. The summed E-state index contributed by atoms with van der Waals surface area (Å²) in [5.41, 5.74) is 1.65. The minimum atomic E-state index is -0.226. The van der Waals surface area contributed by atoms with Gasteiger partial charge in [-0.25, -0.2) is 0 Å².